The topological polar surface area (TPSA) is 41.6 Å². The third-order valence-electron chi connectivity index (χ3n) is 4.79. The number of carbonyl (C=O) groups excluding carboxylic acids is 1. The SMILES string of the molecule is Cl.O=C(Nc1ccsc1-c1ccccc1)O[C@H]1CN2CCC1CC2. The van der Waals surface area contributed by atoms with Gasteiger partial charge >= 0.3 is 6.09 Å². The molecular formula is C18H21ClN2O2S. The Morgan fingerprint density at radius 3 is 2.58 bits per heavy atom. The Morgan fingerprint density at radius 2 is 1.92 bits per heavy atom. The van der Waals surface area contributed by atoms with Gasteiger partial charge in [-0.05, 0) is 48.9 Å². The molecule has 1 aromatic heterocycles. The summed E-state index contributed by atoms with van der Waals surface area (Å²) >= 11 is 1.62. The predicted molar refractivity (Wildman–Crippen MR) is 100 cm³/mol. The maximum absolute atomic E-state index is 12.3. The molecule has 3 aliphatic rings. The molecule has 0 unspecified atom stereocenters. The fourth-order valence-electron chi connectivity index (χ4n) is 3.54. The highest BCUT2D eigenvalue weighted by Crippen LogP contribution is 2.34. The monoisotopic (exact) mass is 364 g/mol. The summed E-state index contributed by atoms with van der Waals surface area (Å²) in [5.74, 6) is 0.529. The summed E-state index contributed by atoms with van der Waals surface area (Å²) in [4.78, 5) is 15.7. The first kappa shape index (κ1) is 17.3. The lowest BCUT2D eigenvalue weighted by molar-refractivity contribution is -0.0289. The van der Waals surface area contributed by atoms with Gasteiger partial charge in [-0.1, -0.05) is 30.3 Å². The maximum Gasteiger partial charge on any atom is 0.411 e. The van der Waals surface area contributed by atoms with E-state index < -0.39 is 0 Å². The average molecular weight is 365 g/mol. The van der Waals surface area contributed by atoms with Gasteiger partial charge in [-0.3, -0.25) is 10.2 Å². The van der Waals surface area contributed by atoms with E-state index >= 15 is 0 Å². The first-order valence-electron chi connectivity index (χ1n) is 8.12. The fraction of sp³-hybridized carbons (Fsp3) is 0.389. The number of thiophene rings is 1. The zero-order valence-corrected chi connectivity index (χ0v) is 14.9. The van der Waals surface area contributed by atoms with Crippen molar-refractivity contribution in [3.8, 4) is 10.4 Å². The summed E-state index contributed by atoms with van der Waals surface area (Å²) < 4.78 is 5.70. The van der Waals surface area contributed by atoms with E-state index in [4.69, 9.17) is 4.74 Å². The number of amides is 1. The number of benzene rings is 1. The number of ether oxygens (including phenoxy) is 1. The molecule has 1 aromatic carbocycles. The van der Waals surface area contributed by atoms with E-state index in [0.717, 1.165) is 48.6 Å². The molecular weight excluding hydrogens is 344 g/mol. The van der Waals surface area contributed by atoms with Crippen LogP contribution in [0.25, 0.3) is 10.4 Å². The molecule has 5 rings (SSSR count). The first-order valence-corrected chi connectivity index (χ1v) is 9.00. The van der Waals surface area contributed by atoms with E-state index in [0.29, 0.717) is 5.92 Å². The quantitative estimate of drug-likeness (QED) is 0.873. The van der Waals surface area contributed by atoms with Gasteiger partial charge < -0.3 is 4.74 Å². The van der Waals surface area contributed by atoms with Crippen molar-refractivity contribution in [3.63, 3.8) is 0 Å². The smallest absolute Gasteiger partial charge is 0.411 e. The van der Waals surface area contributed by atoms with Crippen LogP contribution in [0, 0.1) is 5.92 Å². The summed E-state index contributed by atoms with van der Waals surface area (Å²) in [5.41, 5.74) is 1.94. The number of hydrogen-bond acceptors (Lipinski definition) is 4. The molecule has 2 bridgehead atoms. The van der Waals surface area contributed by atoms with Gasteiger partial charge in [0.25, 0.3) is 0 Å². The molecule has 0 radical (unpaired) electrons. The standard InChI is InChI=1S/C18H20N2O2S.ClH/c21-18(22-16-12-20-9-6-13(16)7-10-20)19-15-8-11-23-17(15)14-4-2-1-3-5-14;/h1-5,8,11,13,16H,6-7,9-10,12H2,(H,19,21);1H/t16-;/m0./s1. The predicted octanol–water partition coefficient (Wildman–Crippen LogP) is 4.48. The van der Waals surface area contributed by atoms with Crippen LogP contribution in [-0.2, 0) is 4.74 Å². The summed E-state index contributed by atoms with van der Waals surface area (Å²) in [7, 11) is 0. The van der Waals surface area contributed by atoms with Gasteiger partial charge in [0, 0.05) is 6.54 Å². The number of hydrogen-bond donors (Lipinski definition) is 1. The summed E-state index contributed by atoms with van der Waals surface area (Å²) in [5, 5.41) is 4.92. The zero-order valence-electron chi connectivity index (χ0n) is 13.3. The molecule has 3 aliphatic heterocycles. The number of fused-ring (bicyclic) bond motifs is 3. The highest BCUT2D eigenvalue weighted by Gasteiger charge is 2.36. The lowest BCUT2D eigenvalue weighted by Gasteiger charge is -2.43. The van der Waals surface area contributed by atoms with Gasteiger partial charge in [0.1, 0.15) is 6.10 Å². The number of rotatable bonds is 3. The molecule has 24 heavy (non-hydrogen) atoms. The van der Waals surface area contributed by atoms with Gasteiger partial charge in [-0.25, -0.2) is 4.79 Å². The van der Waals surface area contributed by atoms with Crippen molar-refractivity contribution >= 4 is 35.5 Å². The highest BCUT2D eigenvalue weighted by molar-refractivity contribution is 7.14. The van der Waals surface area contributed by atoms with E-state index in [1.54, 1.807) is 11.3 Å². The number of anilines is 1. The van der Waals surface area contributed by atoms with Crippen LogP contribution in [0.15, 0.2) is 41.8 Å². The first-order chi connectivity index (χ1) is 11.3. The molecule has 6 heteroatoms. The molecule has 1 atom stereocenters. The number of piperidine rings is 3. The van der Waals surface area contributed by atoms with Crippen LogP contribution in [0.1, 0.15) is 12.8 Å². The van der Waals surface area contributed by atoms with Crippen LogP contribution < -0.4 is 5.32 Å². The lowest BCUT2D eigenvalue weighted by Crippen LogP contribution is -2.52. The fourth-order valence-corrected chi connectivity index (χ4v) is 4.40. The molecule has 1 amide bonds. The Labute approximate surface area is 152 Å². The van der Waals surface area contributed by atoms with Crippen molar-refractivity contribution in [1.82, 2.24) is 4.90 Å². The summed E-state index contributed by atoms with van der Waals surface area (Å²) in [6.07, 6.45) is 1.99. The minimum Gasteiger partial charge on any atom is -0.444 e. The number of carbonyl (C=O) groups is 1. The van der Waals surface area contributed by atoms with E-state index in [1.807, 2.05) is 29.6 Å². The molecule has 0 saturated carbocycles. The van der Waals surface area contributed by atoms with Crippen molar-refractivity contribution < 1.29 is 9.53 Å². The average Bonchev–Trinajstić information content (AvgIpc) is 3.04. The second-order valence-electron chi connectivity index (χ2n) is 6.24. The summed E-state index contributed by atoms with van der Waals surface area (Å²) in [6, 6.07) is 12.0. The lowest BCUT2D eigenvalue weighted by atomic mass is 9.86. The second kappa shape index (κ2) is 7.55. The second-order valence-corrected chi connectivity index (χ2v) is 7.15. The van der Waals surface area contributed by atoms with E-state index in [1.165, 1.54) is 0 Å². The van der Waals surface area contributed by atoms with Crippen molar-refractivity contribution in [2.75, 3.05) is 25.0 Å². The van der Waals surface area contributed by atoms with Crippen molar-refractivity contribution in [2.24, 2.45) is 5.92 Å². The molecule has 0 aliphatic carbocycles. The maximum atomic E-state index is 12.3. The normalized spacial score (nSPS) is 24.9. The van der Waals surface area contributed by atoms with Gasteiger partial charge in [-0.2, -0.15) is 0 Å². The Kier molecular flexibility index (Phi) is 5.43. The number of nitrogens with zero attached hydrogens (tertiary/aromatic N) is 1. The highest BCUT2D eigenvalue weighted by atomic mass is 35.5. The molecule has 3 saturated heterocycles. The minimum absolute atomic E-state index is 0. The molecule has 128 valence electrons. The molecule has 2 aromatic rings. The molecule has 4 nitrogen and oxygen atoms in total. The van der Waals surface area contributed by atoms with Crippen LogP contribution >= 0.6 is 23.7 Å². The Hall–Kier alpha value is -1.56. The zero-order chi connectivity index (χ0) is 15.6. The third-order valence-corrected chi connectivity index (χ3v) is 5.76. The van der Waals surface area contributed by atoms with Gasteiger partial charge in [0.2, 0.25) is 0 Å². The minimum atomic E-state index is -0.334. The van der Waals surface area contributed by atoms with Gasteiger partial charge in [0.15, 0.2) is 0 Å². The Morgan fingerprint density at radius 1 is 1.17 bits per heavy atom. The van der Waals surface area contributed by atoms with E-state index in [2.05, 4.69) is 22.3 Å². The van der Waals surface area contributed by atoms with Crippen LogP contribution in [0.5, 0.6) is 0 Å². The van der Waals surface area contributed by atoms with Gasteiger partial charge in [-0.15, -0.1) is 23.7 Å². The largest absolute Gasteiger partial charge is 0.444 e. The Balaban J connectivity index is 0.00000169. The molecule has 4 heterocycles. The van der Waals surface area contributed by atoms with Crippen molar-refractivity contribution in [2.45, 2.75) is 18.9 Å². The van der Waals surface area contributed by atoms with E-state index in [9.17, 15) is 4.79 Å². The van der Waals surface area contributed by atoms with Crippen LogP contribution in [0.3, 0.4) is 0 Å². The molecule has 1 N–H and O–H groups in total. The van der Waals surface area contributed by atoms with Crippen LogP contribution in [-0.4, -0.2) is 36.7 Å². The molecule has 0 spiro atoms. The van der Waals surface area contributed by atoms with Crippen LogP contribution in [0.2, 0.25) is 0 Å². The van der Waals surface area contributed by atoms with Crippen LogP contribution in [0.4, 0.5) is 10.5 Å². The summed E-state index contributed by atoms with van der Waals surface area (Å²) in [6.45, 7) is 3.18. The third kappa shape index (κ3) is 3.58. The number of halogens is 1. The van der Waals surface area contributed by atoms with Gasteiger partial charge in [0.05, 0.1) is 10.6 Å². The van der Waals surface area contributed by atoms with Crippen molar-refractivity contribution in [3.05, 3.63) is 41.8 Å². The van der Waals surface area contributed by atoms with Crippen molar-refractivity contribution in [1.29, 1.82) is 0 Å². The number of nitrogens with one attached hydrogen (secondary N) is 1. The molecule has 3 fully saturated rings. The van der Waals surface area contributed by atoms with E-state index in [-0.39, 0.29) is 24.6 Å². The Bertz CT molecular complexity index is 683.